The predicted molar refractivity (Wildman–Crippen MR) is 151 cm³/mol. The fourth-order valence-corrected chi connectivity index (χ4v) is 6.34. The van der Waals surface area contributed by atoms with Crippen LogP contribution in [-0.4, -0.2) is 49.3 Å². The molecule has 2 unspecified atom stereocenters. The van der Waals surface area contributed by atoms with Crippen molar-refractivity contribution in [2.75, 3.05) is 27.2 Å². The van der Waals surface area contributed by atoms with E-state index in [4.69, 9.17) is 9.47 Å². The molecule has 0 bridgehead atoms. The summed E-state index contributed by atoms with van der Waals surface area (Å²) in [5.74, 6) is 0.294. The van der Waals surface area contributed by atoms with Crippen molar-refractivity contribution >= 4 is 12.1 Å². The van der Waals surface area contributed by atoms with Crippen LogP contribution in [0.5, 0.6) is 5.75 Å². The zero-order valence-corrected chi connectivity index (χ0v) is 23.5. The molecule has 39 heavy (non-hydrogen) atoms. The van der Waals surface area contributed by atoms with Crippen molar-refractivity contribution in [3.8, 4) is 5.75 Å². The minimum Gasteiger partial charge on any atom is -0.461 e. The second kappa shape index (κ2) is 13.4. The first-order valence-electron chi connectivity index (χ1n) is 14.4. The standard InChI is InChI=1S/C32H44N2O5/c1-34(2)22-27-14-7-10-19-32(27,37)26-15-11-16-28(20-26)39-30(36)33-24-31(17-8-4-9-18-31)21-29(35)38-23-25-12-5-3-6-13-25/h3,5-6,11-13,15-16,20,27,37H,4,7-10,14,17-19,21-24H2,1-2H3,(H,33,36). The van der Waals surface area contributed by atoms with Gasteiger partial charge in [0.05, 0.1) is 12.0 Å². The first-order valence-corrected chi connectivity index (χ1v) is 14.4. The molecule has 0 heterocycles. The van der Waals surface area contributed by atoms with Crippen LogP contribution < -0.4 is 10.1 Å². The first-order chi connectivity index (χ1) is 18.8. The maximum Gasteiger partial charge on any atom is 0.412 e. The topological polar surface area (TPSA) is 88.1 Å². The van der Waals surface area contributed by atoms with Gasteiger partial charge in [0.15, 0.2) is 0 Å². The maximum atomic E-state index is 12.9. The average Bonchev–Trinajstić information content (AvgIpc) is 2.93. The molecule has 2 aliphatic rings. The number of nitrogens with zero attached hydrogens (tertiary/aromatic N) is 1. The summed E-state index contributed by atoms with van der Waals surface area (Å²) in [5.41, 5.74) is 0.483. The quantitative estimate of drug-likeness (QED) is 0.373. The van der Waals surface area contributed by atoms with E-state index < -0.39 is 11.7 Å². The average molecular weight is 537 g/mol. The molecular weight excluding hydrogens is 492 g/mol. The molecule has 0 saturated heterocycles. The number of esters is 1. The molecule has 2 saturated carbocycles. The molecule has 212 valence electrons. The monoisotopic (exact) mass is 536 g/mol. The van der Waals surface area contributed by atoms with Crippen LogP contribution >= 0.6 is 0 Å². The zero-order chi connectivity index (χ0) is 27.7. The maximum absolute atomic E-state index is 12.9. The fraction of sp³-hybridized carbons (Fsp3) is 0.562. The Morgan fingerprint density at radius 3 is 2.46 bits per heavy atom. The molecule has 4 rings (SSSR count). The number of carbonyl (C=O) groups excluding carboxylic acids is 2. The van der Waals surface area contributed by atoms with Gasteiger partial charge in [-0.25, -0.2) is 4.79 Å². The Morgan fingerprint density at radius 2 is 1.72 bits per heavy atom. The molecule has 2 aliphatic carbocycles. The van der Waals surface area contributed by atoms with Gasteiger partial charge < -0.3 is 24.8 Å². The van der Waals surface area contributed by atoms with Crippen molar-refractivity contribution in [2.24, 2.45) is 11.3 Å². The summed E-state index contributed by atoms with van der Waals surface area (Å²) in [6, 6.07) is 17.0. The van der Waals surface area contributed by atoms with Gasteiger partial charge in [0.1, 0.15) is 12.4 Å². The van der Waals surface area contributed by atoms with Gasteiger partial charge in [-0.1, -0.05) is 74.6 Å². The van der Waals surface area contributed by atoms with Crippen LogP contribution in [0.15, 0.2) is 54.6 Å². The van der Waals surface area contributed by atoms with Gasteiger partial charge in [-0.15, -0.1) is 0 Å². The Kier molecular flexibility index (Phi) is 10.0. The van der Waals surface area contributed by atoms with Crippen LogP contribution in [-0.2, 0) is 21.7 Å². The van der Waals surface area contributed by atoms with Crippen LogP contribution in [0.1, 0.15) is 75.3 Å². The first kappa shape index (κ1) is 29.1. The number of hydrogen-bond acceptors (Lipinski definition) is 6. The summed E-state index contributed by atoms with van der Waals surface area (Å²) < 4.78 is 11.2. The molecule has 2 N–H and O–H groups in total. The van der Waals surface area contributed by atoms with Gasteiger partial charge in [0.2, 0.25) is 0 Å². The van der Waals surface area contributed by atoms with Crippen molar-refractivity contribution < 1.29 is 24.2 Å². The lowest BCUT2D eigenvalue weighted by molar-refractivity contribution is -0.148. The normalized spacial score (nSPS) is 22.7. The summed E-state index contributed by atoms with van der Waals surface area (Å²) in [7, 11) is 4.06. The highest BCUT2D eigenvalue weighted by Gasteiger charge is 2.41. The number of carbonyl (C=O) groups is 2. The molecule has 0 aliphatic heterocycles. The third kappa shape index (κ3) is 8.05. The van der Waals surface area contributed by atoms with Crippen LogP contribution in [0.4, 0.5) is 4.79 Å². The SMILES string of the molecule is CN(C)CC1CCCCC1(O)c1cccc(OC(=O)NCC2(CC(=O)OCc3ccccc3)CCCCC2)c1. The minimum atomic E-state index is -0.940. The summed E-state index contributed by atoms with van der Waals surface area (Å²) in [6.07, 6.45) is 8.39. The van der Waals surface area contributed by atoms with E-state index in [1.54, 1.807) is 12.1 Å². The van der Waals surface area contributed by atoms with E-state index in [1.165, 1.54) is 0 Å². The lowest BCUT2D eigenvalue weighted by Gasteiger charge is -2.41. The van der Waals surface area contributed by atoms with E-state index in [9.17, 15) is 14.7 Å². The molecule has 0 aromatic heterocycles. The van der Waals surface area contributed by atoms with Crippen molar-refractivity contribution in [1.29, 1.82) is 0 Å². The molecular formula is C32H44N2O5. The van der Waals surface area contributed by atoms with Crippen LogP contribution in [0, 0.1) is 11.3 Å². The third-order valence-electron chi connectivity index (χ3n) is 8.45. The zero-order valence-electron chi connectivity index (χ0n) is 23.5. The number of benzene rings is 2. The van der Waals surface area contributed by atoms with Crippen molar-refractivity contribution in [2.45, 2.75) is 76.4 Å². The van der Waals surface area contributed by atoms with E-state index in [2.05, 4.69) is 10.2 Å². The molecule has 2 aromatic carbocycles. The van der Waals surface area contributed by atoms with E-state index in [1.807, 2.05) is 56.6 Å². The molecule has 7 nitrogen and oxygen atoms in total. The van der Waals surface area contributed by atoms with E-state index in [0.717, 1.165) is 69.0 Å². The number of ether oxygens (including phenoxy) is 2. The van der Waals surface area contributed by atoms with Gasteiger partial charge >= 0.3 is 12.1 Å². The number of hydrogen-bond donors (Lipinski definition) is 2. The Balaban J connectivity index is 1.35. The molecule has 2 aromatic rings. The number of amides is 1. The Hall–Kier alpha value is -2.90. The number of nitrogens with one attached hydrogen (secondary N) is 1. The van der Waals surface area contributed by atoms with Gasteiger partial charge in [-0.2, -0.15) is 0 Å². The number of aliphatic hydroxyl groups is 1. The fourth-order valence-electron chi connectivity index (χ4n) is 6.34. The van der Waals surface area contributed by atoms with Crippen molar-refractivity contribution in [3.05, 3.63) is 65.7 Å². The Bertz CT molecular complexity index is 1080. The van der Waals surface area contributed by atoms with Crippen molar-refractivity contribution in [3.63, 3.8) is 0 Å². The summed E-state index contributed by atoms with van der Waals surface area (Å²) in [6.45, 7) is 1.42. The lowest BCUT2D eigenvalue weighted by atomic mass is 9.71. The molecule has 2 fully saturated rings. The lowest BCUT2D eigenvalue weighted by Crippen LogP contribution is -2.43. The summed E-state index contributed by atoms with van der Waals surface area (Å²) >= 11 is 0. The summed E-state index contributed by atoms with van der Waals surface area (Å²) in [4.78, 5) is 27.7. The highest BCUT2D eigenvalue weighted by molar-refractivity contribution is 5.72. The summed E-state index contributed by atoms with van der Waals surface area (Å²) in [5, 5.41) is 14.6. The van der Waals surface area contributed by atoms with Gasteiger partial charge in [0.25, 0.3) is 0 Å². The Labute approximate surface area is 232 Å². The smallest absolute Gasteiger partial charge is 0.412 e. The largest absolute Gasteiger partial charge is 0.461 e. The molecule has 7 heteroatoms. The predicted octanol–water partition coefficient (Wildman–Crippen LogP) is 5.80. The van der Waals surface area contributed by atoms with Gasteiger partial charge in [-0.05, 0) is 68.5 Å². The van der Waals surface area contributed by atoms with Crippen LogP contribution in [0.2, 0.25) is 0 Å². The second-order valence-corrected chi connectivity index (χ2v) is 11.8. The molecule has 1 amide bonds. The Morgan fingerprint density at radius 1 is 0.974 bits per heavy atom. The minimum absolute atomic E-state index is 0.123. The van der Waals surface area contributed by atoms with E-state index in [-0.39, 0.29) is 30.3 Å². The van der Waals surface area contributed by atoms with Gasteiger partial charge in [0, 0.05) is 19.0 Å². The van der Waals surface area contributed by atoms with Crippen LogP contribution in [0.25, 0.3) is 0 Å². The number of rotatable bonds is 10. The highest BCUT2D eigenvalue weighted by atomic mass is 16.6. The molecule has 2 atom stereocenters. The van der Waals surface area contributed by atoms with Crippen LogP contribution in [0.3, 0.4) is 0 Å². The highest BCUT2D eigenvalue weighted by Crippen LogP contribution is 2.43. The van der Waals surface area contributed by atoms with Crippen molar-refractivity contribution in [1.82, 2.24) is 10.2 Å². The van der Waals surface area contributed by atoms with Gasteiger partial charge in [-0.3, -0.25) is 4.79 Å². The van der Waals surface area contributed by atoms with E-state index >= 15 is 0 Å². The molecule has 0 spiro atoms. The third-order valence-corrected chi connectivity index (χ3v) is 8.45. The molecule has 0 radical (unpaired) electrons. The second-order valence-electron chi connectivity index (χ2n) is 11.8. The van der Waals surface area contributed by atoms with E-state index in [0.29, 0.717) is 18.7 Å².